The number of aromatic nitrogens is 2. The van der Waals surface area contributed by atoms with Gasteiger partial charge in [-0.15, -0.1) is 0 Å². The summed E-state index contributed by atoms with van der Waals surface area (Å²) in [7, 11) is 1.95. The topological polar surface area (TPSA) is 43.8 Å². The summed E-state index contributed by atoms with van der Waals surface area (Å²) in [6.45, 7) is 4.21. The molecule has 0 bridgehead atoms. The van der Waals surface area contributed by atoms with Gasteiger partial charge in [0.15, 0.2) is 0 Å². The van der Waals surface area contributed by atoms with Gasteiger partial charge in [-0.2, -0.15) is 5.10 Å². The third-order valence-electron chi connectivity index (χ3n) is 4.76. The van der Waals surface area contributed by atoms with E-state index in [2.05, 4.69) is 12.0 Å². The number of halogens is 1. The van der Waals surface area contributed by atoms with Crippen molar-refractivity contribution in [3.63, 3.8) is 0 Å². The van der Waals surface area contributed by atoms with Crippen molar-refractivity contribution >= 4 is 11.6 Å². The normalized spacial score (nSPS) is 20.3. The van der Waals surface area contributed by atoms with Crippen LogP contribution in [0.1, 0.15) is 50.4 Å². The number of rotatable bonds is 4. The lowest BCUT2D eigenvalue weighted by Crippen LogP contribution is -2.41. The van der Waals surface area contributed by atoms with Gasteiger partial charge in [-0.05, 0) is 31.6 Å². The molecule has 2 N–H and O–H groups in total. The number of nitrogens with zero attached hydrogens (tertiary/aromatic N) is 2. The van der Waals surface area contributed by atoms with Gasteiger partial charge in [-0.3, -0.25) is 4.68 Å². The van der Waals surface area contributed by atoms with Gasteiger partial charge in [0, 0.05) is 19.5 Å². The van der Waals surface area contributed by atoms with E-state index in [1.807, 2.05) is 18.7 Å². The second-order valence-corrected chi connectivity index (χ2v) is 6.08. The molecule has 0 aromatic carbocycles. The molecule has 1 aliphatic rings. The summed E-state index contributed by atoms with van der Waals surface area (Å²) in [5.74, 6) is 0. The Balaban J connectivity index is 2.18. The molecule has 102 valence electrons. The van der Waals surface area contributed by atoms with Crippen LogP contribution in [0.25, 0.3) is 0 Å². The van der Waals surface area contributed by atoms with Crippen molar-refractivity contribution in [2.45, 2.75) is 58.4 Å². The first-order valence-electron chi connectivity index (χ1n) is 6.93. The average molecular weight is 270 g/mol. The van der Waals surface area contributed by atoms with Crippen LogP contribution < -0.4 is 5.73 Å². The predicted molar refractivity (Wildman–Crippen MR) is 75.8 cm³/mol. The van der Waals surface area contributed by atoms with Gasteiger partial charge >= 0.3 is 0 Å². The first-order chi connectivity index (χ1) is 8.50. The van der Waals surface area contributed by atoms with Crippen molar-refractivity contribution in [2.75, 3.05) is 0 Å². The zero-order chi connectivity index (χ0) is 13.3. The van der Waals surface area contributed by atoms with E-state index in [1.54, 1.807) is 0 Å². The van der Waals surface area contributed by atoms with Crippen LogP contribution in [-0.4, -0.2) is 15.8 Å². The summed E-state index contributed by atoms with van der Waals surface area (Å²) < 4.78 is 1.88. The Labute approximate surface area is 115 Å². The van der Waals surface area contributed by atoms with Crippen molar-refractivity contribution in [1.29, 1.82) is 0 Å². The molecule has 1 aliphatic carbocycles. The lowest BCUT2D eigenvalue weighted by atomic mass is 9.75. The highest BCUT2D eigenvalue weighted by molar-refractivity contribution is 6.31. The SMILES string of the molecule is CCC1(C(N)Cc2c(Cl)c(C)nn2C)CCCC1. The average Bonchev–Trinajstić information content (AvgIpc) is 2.91. The van der Waals surface area contributed by atoms with E-state index in [0.29, 0.717) is 5.41 Å². The molecular formula is C14H24ClN3. The van der Waals surface area contributed by atoms with Crippen LogP contribution in [0.3, 0.4) is 0 Å². The second kappa shape index (κ2) is 5.22. The second-order valence-electron chi connectivity index (χ2n) is 5.70. The number of aryl methyl sites for hydroxylation is 2. The van der Waals surface area contributed by atoms with E-state index < -0.39 is 0 Å². The maximum Gasteiger partial charge on any atom is 0.0847 e. The Morgan fingerprint density at radius 1 is 1.44 bits per heavy atom. The fraction of sp³-hybridized carbons (Fsp3) is 0.786. The zero-order valence-electron chi connectivity index (χ0n) is 11.7. The van der Waals surface area contributed by atoms with Gasteiger partial charge < -0.3 is 5.73 Å². The van der Waals surface area contributed by atoms with E-state index in [1.165, 1.54) is 32.1 Å². The fourth-order valence-electron chi connectivity index (χ4n) is 3.39. The van der Waals surface area contributed by atoms with Crippen LogP contribution >= 0.6 is 11.6 Å². The zero-order valence-corrected chi connectivity index (χ0v) is 12.4. The monoisotopic (exact) mass is 269 g/mol. The molecule has 4 heteroatoms. The molecule has 1 unspecified atom stereocenters. The quantitative estimate of drug-likeness (QED) is 0.912. The van der Waals surface area contributed by atoms with E-state index in [-0.39, 0.29) is 6.04 Å². The number of hydrogen-bond acceptors (Lipinski definition) is 2. The van der Waals surface area contributed by atoms with Crippen LogP contribution in [0.2, 0.25) is 5.02 Å². The van der Waals surface area contributed by atoms with Crippen molar-refractivity contribution < 1.29 is 0 Å². The summed E-state index contributed by atoms with van der Waals surface area (Å²) in [6, 6.07) is 0.192. The Morgan fingerprint density at radius 2 is 2.06 bits per heavy atom. The van der Waals surface area contributed by atoms with Gasteiger partial charge in [0.2, 0.25) is 0 Å². The van der Waals surface area contributed by atoms with Crippen molar-refractivity contribution in [2.24, 2.45) is 18.2 Å². The molecule has 1 atom stereocenters. The molecule has 2 rings (SSSR count). The van der Waals surface area contributed by atoms with Crippen LogP contribution in [-0.2, 0) is 13.5 Å². The molecule has 3 nitrogen and oxygen atoms in total. The van der Waals surface area contributed by atoms with Crippen LogP contribution in [0.4, 0.5) is 0 Å². The number of hydrogen-bond donors (Lipinski definition) is 1. The van der Waals surface area contributed by atoms with Crippen LogP contribution in [0.15, 0.2) is 0 Å². The minimum Gasteiger partial charge on any atom is -0.327 e. The maximum atomic E-state index is 6.50. The molecule has 1 aromatic rings. The predicted octanol–water partition coefficient (Wildman–Crippen LogP) is 3.22. The van der Waals surface area contributed by atoms with Crippen LogP contribution in [0.5, 0.6) is 0 Å². The first kappa shape index (κ1) is 13.9. The molecule has 0 saturated heterocycles. The fourth-order valence-corrected chi connectivity index (χ4v) is 3.63. The van der Waals surface area contributed by atoms with E-state index in [0.717, 1.165) is 22.8 Å². The summed E-state index contributed by atoms with van der Waals surface area (Å²) in [4.78, 5) is 0. The van der Waals surface area contributed by atoms with Crippen molar-refractivity contribution in [3.05, 3.63) is 16.4 Å². The van der Waals surface area contributed by atoms with Gasteiger partial charge in [-0.1, -0.05) is 31.4 Å². The molecular weight excluding hydrogens is 246 g/mol. The van der Waals surface area contributed by atoms with Gasteiger partial charge in [0.1, 0.15) is 0 Å². The highest BCUT2D eigenvalue weighted by Crippen LogP contribution is 2.44. The Morgan fingerprint density at radius 3 is 2.50 bits per heavy atom. The van der Waals surface area contributed by atoms with E-state index in [4.69, 9.17) is 17.3 Å². The molecule has 1 fully saturated rings. The first-order valence-corrected chi connectivity index (χ1v) is 7.31. The van der Waals surface area contributed by atoms with Gasteiger partial charge in [-0.25, -0.2) is 0 Å². The largest absolute Gasteiger partial charge is 0.327 e. The van der Waals surface area contributed by atoms with E-state index in [9.17, 15) is 0 Å². The van der Waals surface area contributed by atoms with E-state index >= 15 is 0 Å². The number of nitrogens with two attached hydrogens (primary N) is 1. The third kappa shape index (κ3) is 2.30. The molecule has 18 heavy (non-hydrogen) atoms. The summed E-state index contributed by atoms with van der Waals surface area (Å²) in [6.07, 6.45) is 7.17. The van der Waals surface area contributed by atoms with Gasteiger partial charge in [0.05, 0.1) is 16.4 Å². The minimum absolute atomic E-state index is 0.192. The standard InChI is InChI=1S/C14H24ClN3/c1-4-14(7-5-6-8-14)12(16)9-11-13(15)10(2)17-18(11)3/h12H,4-9,16H2,1-3H3. The maximum absolute atomic E-state index is 6.50. The summed E-state index contributed by atoms with van der Waals surface area (Å²) in [5.41, 5.74) is 8.81. The van der Waals surface area contributed by atoms with Crippen molar-refractivity contribution in [1.82, 2.24) is 9.78 Å². The molecule has 0 spiro atoms. The molecule has 0 amide bonds. The lowest BCUT2D eigenvalue weighted by molar-refractivity contribution is 0.217. The minimum atomic E-state index is 0.192. The summed E-state index contributed by atoms with van der Waals surface area (Å²) in [5, 5.41) is 5.16. The Kier molecular flexibility index (Phi) is 4.02. The molecule has 0 aliphatic heterocycles. The molecule has 0 radical (unpaired) electrons. The lowest BCUT2D eigenvalue weighted by Gasteiger charge is -2.34. The highest BCUT2D eigenvalue weighted by atomic mass is 35.5. The summed E-state index contributed by atoms with van der Waals surface area (Å²) >= 11 is 6.31. The Hall–Kier alpha value is -0.540. The molecule has 1 aromatic heterocycles. The van der Waals surface area contributed by atoms with Crippen molar-refractivity contribution in [3.8, 4) is 0 Å². The highest BCUT2D eigenvalue weighted by Gasteiger charge is 2.38. The smallest absolute Gasteiger partial charge is 0.0847 e. The van der Waals surface area contributed by atoms with Gasteiger partial charge in [0.25, 0.3) is 0 Å². The Bertz CT molecular complexity index is 419. The molecule has 1 heterocycles. The molecule has 1 saturated carbocycles. The van der Waals surface area contributed by atoms with Crippen LogP contribution in [0, 0.1) is 12.3 Å². The third-order valence-corrected chi connectivity index (χ3v) is 5.26.